The van der Waals surface area contributed by atoms with Crippen LogP contribution in [0.25, 0.3) is 20.7 Å². The van der Waals surface area contributed by atoms with Crippen LogP contribution in [0.15, 0.2) is 30.5 Å². The lowest BCUT2D eigenvalue weighted by Gasteiger charge is -1.93. The van der Waals surface area contributed by atoms with Gasteiger partial charge in [0, 0.05) is 4.70 Å². The van der Waals surface area contributed by atoms with Crippen molar-refractivity contribution in [2.24, 2.45) is 0 Å². The van der Waals surface area contributed by atoms with Crippen LogP contribution in [0.3, 0.4) is 0 Å². The molecule has 0 aliphatic rings. The number of nitrogens with one attached hydrogen (secondary N) is 1. The number of fused-ring (bicyclic) bond motifs is 1. The molecule has 3 aromatic rings. The van der Waals surface area contributed by atoms with Gasteiger partial charge in [-0.05, 0) is 24.4 Å². The van der Waals surface area contributed by atoms with E-state index in [1.807, 2.05) is 19.1 Å². The summed E-state index contributed by atoms with van der Waals surface area (Å²) < 4.78 is 1.14. The minimum absolute atomic E-state index is 0.207. The molecule has 2 N–H and O–H groups in total. The first-order valence-electron chi connectivity index (χ1n) is 5.42. The molecular formula is C13H10N2O2S. The maximum absolute atomic E-state index is 11.1. The van der Waals surface area contributed by atoms with Gasteiger partial charge in [-0.25, -0.2) is 4.79 Å². The molecule has 18 heavy (non-hydrogen) atoms. The zero-order chi connectivity index (χ0) is 12.7. The number of H-pyrrole nitrogens is 1. The Hall–Kier alpha value is -2.14. The number of nitrogens with zero attached hydrogens (tertiary/aromatic N) is 1. The first kappa shape index (κ1) is 11.0. The van der Waals surface area contributed by atoms with E-state index in [1.54, 1.807) is 11.3 Å². The SMILES string of the molecule is Cc1ccc2sc(-c3[nH]ncc3C(=O)O)cc2c1. The van der Waals surface area contributed by atoms with Crippen molar-refractivity contribution in [2.75, 3.05) is 0 Å². The normalized spacial score (nSPS) is 10.9. The number of aromatic carboxylic acids is 1. The Morgan fingerprint density at radius 1 is 1.39 bits per heavy atom. The van der Waals surface area contributed by atoms with Crippen LogP contribution >= 0.6 is 11.3 Å². The highest BCUT2D eigenvalue weighted by atomic mass is 32.1. The van der Waals surface area contributed by atoms with Crippen LogP contribution in [0.4, 0.5) is 0 Å². The lowest BCUT2D eigenvalue weighted by molar-refractivity contribution is 0.0698. The number of thiophene rings is 1. The zero-order valence-electron chi connectivity index (χ0n) is 9.60. The van der Waals surface area contributed by atoms with E-state index >= 15 is 0 Å². The molecule has 90 valence electrons. The third-order valence-corrected chi connectivity index (χ3v) is 3.92. The average Bonchev–Trinajstić information content (AvgIpc) is 2.93. The van der Waals surface area contributed by atoms with Gasteiger partial charge < -0.3 is 5.11 Å². The molecule has 1 aromatic carbocycles. The van der Waals surface area contributed by atoms with Crippen molar-refractivity contribution in [3.05, 3.63) is 41.6 Å². The second-order valence-electron chi connectivity index (χ2n) is 4.12. The second kappa shape index (κ2) is 3.96. The van der Waals surface area contributed by atoms with Gasteiger partial charge in [-0.15, -0.1) is 11.3 Å². The summed E-state index contributed by atoms with van der Waals surface area (Å²) in [5.74, 6) is -0.965. The third-order valence-electron chi connectivity index (χ3n) is 2.79. The summed E-state index contributed by atoms with van der Waals surface area (Å²) in [6.45, 7) is 2.04. The fourth-order valence-corrected chi connectivity index (χ4v) is 2.97. The number of hydrogen-bond acceptors (Lipinski definition) is 3. The first-order chi connectivity index (χ1) is 8.65. The smallest absolute Gasteiger partial charge is 0.339 e. The monoisotopic (exact) mass is 258 g/mol. The van der Waals surface area contributed by atoms with E-state index in [4.69, 9.17) is 5.11 Å². The Morgan fingerprint density at radius 2 is 2.22 bits per heavy atom. The lowest BCUT2D eigenvalue weighted by Crippen LogP contribution is -1.95. The number of aromatic amines is 1. The van der Waals surface area contributed by atoms with Gasteiger partial charge in [0.15, 0.2) is 0 Å². The first-order valence-corrected chi connectivity index (χ1v) is 6.24. The molecule has 0 saturated carbocycles. The number of benzene rings is 1. The van der Waals surface area contributed by atoms with Crippen molar-refractivity contribution in [1.29, 1.82) is 0 Å². The third kappa shape index (κ3) is 1.69. The Bertz CT molecular complexity index is 742. The highest BCUT2D eigenvalue weighted by Gasteiger charge is 2.15. The van der Waals surface area contributed by atoms with E-state index in [9.17, 15) is 4.79 Å². The highest BCUT2D eigenvalue weighted by Crippen LogP contribution is 2.34. The topological polar surface area (TPSA) is 66.0 Å². The van der Waals surface area contributed by atoms with E-state index < -0.39 is 5.97 Å². The molecule has 3 rings (SSSR count). The Morgan fingerprint density at radius 3 is 3.00 bits per heavy atom. The molecule has 0 radical (unpaired) electrons. The molecule has 0 atom stereocenters. The van der Waals surface area contributed by atoms with Gasteiger partial charge >= 0.3 is 5.97 Å². The minimum atomic E-state index is -0.965. The second-order valence-corrected chi connectivity index (χ2v) is 5.20. The number of rotatable bonds is 2. The molecule has 0 aliphatic carbocycles. The van der Waals surface area contributed by atoms with Gasteiger partial charge in [0.25, 0.3) is 0 Å². The van der Waals surface area contributed by atoms with Crippen LogP contribution in [0.5, 0.6) is 0 Å². The van der Waals surface area contributed by atoms with Crippen LogP contribution in [0, 0.1) is 6.92 Å². The summed E-state index contributed by atoms with van der Waals surface area (Å²) in [5.41, 5.74) is 1.97. The molecular weight excluding hydrogens is 248 g/mol. The van der Waals surface area contributed by atoms with Crippen molar-refractivity contribution >= 4 is 27.4 Å². The van der Waals surface area contributed by atoms with Gasteiger partial charge in [0.05, 0.1) is 16.8 Å². The number of carboxylic acids is 1. The summed E-state index contributed by atoms with van der Waals surface area (Å²) in [4.78, 5) is 12.0. The van der Waals surface area contributed by atoms with Crippen molar-refractivity contribution < 1.29 is 9.90 Å². The van der Waals surface area contributed by atoms with Crippen molar-refractivity contribution in [3.63, 3.8) is 0 Å². The summed E-state index contributed by atoms with van der Waals surface area (Å²) in [6, 6.07) is 8.18. The predicted octanol–water partition coefficient (Wildman–Crippen LogP) is 3.30. The molecule has 2 aromatic heterocycles. The fraction of sp³-hybridized carbons (Fsp3) is 0.0769. The zero-order valence-corrected chi connectivity index (χ0v) is 10.4. The Labute approximate surface area is 107 Å². The van der Waals surface area contributed by atoms with Crippen LogP contribution in [-0.4, -0.2) is 21.3 Å². The van der Waals surface area contributed by atoms with E-state index in [0.29, 0.717) is 5.69 Å². The maximum Gasteiger partial charge on any atom is 0.339 e. The van der Waals surface area contributed by atoms with Crippen molar-refractivity contribution in [3.8, 4) is 10.6 Å². The summed E-state index contributed by atoms with van der Waals surface area (Å²) in [7, 11) is 0. The summed E-state index contributed by atoms with van der Waals surface area (Å²) in [6.07, 6.45) is 1.34. The molecule has 0 saturated heterocycles. The molecule has 4 nitrogen and oxygen atoms in total. The van der Waals surface area contributed by atoms with Gasteiger partial charge in [-0.2, -0.15) is 5.10 Å². The molecule has 5 heteroatoms. The molecule has 0 amide bonds. The molecule has 2 heterocycles. The van der Waals surface area contributed by atoms with Crippen LogP contribution in [0.1, 0.15) is 15.9 Å². The number of hydrogen-bond donors (Lipinski definition) is 2. The fourth-order valence-electron chi connectivity index (χ4n) is 1.92. The van der Waals surface area contributed by atoms with Crippen molar-refractivity contribution in [2.45, 2.75) is 6.92 Å². The lowest BCUT2D eigenvalue weighted by atomic mass is 10.1. The van der Waals surface area contributed by atoms with Gasteiger partial charge in [-0.3, -0.25) is 5.10 Å². The largest absolute Gasteiger partial charge is 0.478 e. The Kier molecular flexibility index (Phi) is 2.41. The van der Waals surface area contributed by atoms with E-state index in [1.165, 1.54) is 11.8 Å². The van der Waals surface area contributed by atoms with Gasteiger partial charge in [0.2, 0.25) is 0 Å². The van der Waals surface area contributed by atoms with Crippen LogP contribution in [0.2, 0.25) is 0 Å². The number of carbonyl (C=O) groups is 1. The van der Waals surface area contributed by atoms with E-state index in [-0.39, 0.29) is 5.56 Å². The average molecular weight is 258 g/mol. The highest BCUT2D eigenvalue weighted by molar-refractivity contribution is 7.22. The summed E-state index contributed by atoms with van der Waals surface area (Å²) in [5, 5.41) is 16.8. The molecule has 0 unspecified atom stereocenters. The molecule has 0 fully saturated rings. The standard InChI is InChI=1S/C13H10N2O2S/c1-7-2-3-10-8(4-7)5-11(18-10)12-9(13(16)17)6-14-15-12/h2-6H,1H3,(H,14,15)(H,16,17). The number of aromatic nitrogens is 2. The van der Waals surface area contributed by atoms with Gasteiger partial charge in [0.1, 0.15) is 5.56 Å². The van der Waals surface area contributed by atoms with Crippen molar-refractivity contribution in [1.82, 2.24) is 10.2 Å². The molecule has 0 bridgehead atoms. The molecule has 0 aliphatic heterocycles. The van der Waals surface area contributed by atoms with E-state index in [0.717, 1.165) is 15.0 Å². The van der Waals surface area contributed by atoms with E-state index in [2.05, 4.69) is 22.3 Å². The van der Waals surface area contributed by atoms with Gasteiger partial charge in [-0.1, -0.05) is 17.7 Å². The summed E-state index contributed by atoms with van der Waals surface area (Å²) >= 11 is 1.56. The molecule has 0 spiro atoms. The number of aryl methyl sites for hydroxylation is 1. The van der Waals surface area contributed by atoms with Crippen LogP contribution in [-0.2, 0) is 0 Å². The quantitative estimate of drug-likeness (QED) is 0.741. The predicted molar refractivity (Wildman–Crippen MR) is 71.1 cm³/mol. The number of carboxylic acid groups (broad SMARTS) is 1. The maximum atomic E-state index is 11.1. The van der Waals surface area contributed by atoms with Crippen LogP contribution < -0.4 is 0 Å². The Balaban J connectivity index is 2.19. The minimum Gasteiger partial charge on any atom is -0.478 e.